The minimum Gasteiger partial charge on any atom is -0.497 e. The third kappa shape index (κ3) is 4.63. The van der Waals surface area contributed by atoms with Gasteiger partial charge in [-0.25, -0.2) is 9.50 Å². The zero-order chi connectivity index (χ0) is 23.8. The van der Waals surface area contributed by atoms with Gasteiger partial charge in [-0.3, -0.25) is 9.48 Å². The van der Waals surface area contributed by atoms with Gasteiger partial charge in [0.1, 0.15) is 11.4 Å². The molecule has 4 aromatic rings. The van der Waals surface area contributed by atoms with Crippen molar-refractivity contribution in [3.8, 4) is 17.0 Å². The maximum Gasteiger partial charge on any atom is 0.433 e. The normalized spacial score (nSPS) is 11.7. The van der Waals surface area contributed by atoms with Crippen molar-refractivity contribution >= 4 is 23.2 Å². The molecule has 3 aromatic heterocycles. The van der Waals surface area contributed by atoms with E-state index in [9.17, 15) is 18.0 Å². The first-order valence-electron chi connectivity index (χ1n) is 9.82. The van der Waals surface area contributed by atoms with Crippen LogP contribution in [0.3, 0.4) is 0 Å². The van der Waals surface area contributed by atoms with Crippen molar-refractivity contribution in [3.63, 3.8) is 0 Å². The lowest BCUT2D eigenvalue weighted by atomic mass is 10.1. The van der Waals surface area contributed by atoms with Crippen LogP contribution in [0.5, 0.6) is 5.75 Å². The summed E-state index contributed by atoms with van der Waals surface area (Å²) in [7, 11) is 1.49. The molecule has 1 N–H and O–H groups in total. The van der Waals surface area contributed by atoms with Crippen LogP contribution in [-0.2, 0) is 19.3 Å². The zero-order valence-electron chi connectivity index (χ0n) is 17.5. The highest BCUT2D eigenvalue weighted by Gasteiger charge is 2.35. The van der Waals surface area contributed by atoms with Crippen LogP contribution in [0, 0.1) is 0 Å². The Morgan fingerprint density at radius 1 is 1.18 bits per heavy atom. The summed E-state index contributed by atoms with van der Waals surface area (Å²) in [6.07, 6.45) is -3.10. The summed E-state index contributed by atoms with van der Waals surface area (Å²) < 4.78 is 48.6. The predicted molar refractivity (Wildman–Crippen MR) is 114 cm³/mol. The van der Waals surface area contributed by atoms with Gasteiger partial charge in [0.15, 0.2) is 17.0 Å². The average molecular weight is 479 g/mol. The van der Waals surface area contributed by atoms with Crippen LogP contribution in [0.2, 0.25) is 5.02 Å². The number of amides is 1. The van der Waals surface area contributed by atoms with Gasteiger partial charge in [-0.2, -0.15) is 23.4 Å². The molecular formula is C21H18ClF3N6O2. The number of aromatic nitrogens is 5. The molecule has 0 saturated heterocycles. The van der Waals surface area contributed by atoms with Gasteiger partial charge in [0, 0.05) is 24.4 Å². The van der Waals surface area contributed by atoms with Gasteiger partial charge in [-0.05, 0) is 37.3 Å². The Morgan fingerprint density at radius 2 is 1.91 bits per heavy atom. The molecule has 8 nitrogen and oxygen atoms in total. The first-order chi connectivity index (χ1) is 15.7. The van der Waals surface area contributed by atoms with E-state index in [1.807, 2.05) is 6.92 Å². The van der Waals surface area contributed by atoms with Crippen LogP contribution < -0.4 is 10.1 Å². The number of ether oxygens (including phenoxy) is 1. The number of aryl methyl sites for hydroxylation is 1. The molecule has 1 aromatic carbocycles. The molecular weight excluding hydrogens is 461 g/mol. The van der Waals surface area contributed by atoms with E-state index >= 15 is 0 Å². The molecule has 0 bridgehead atoms. The Bertz CT molecular complexity index is 1310. The lowest BCUT2D eigenvalue weighted by Gasteiger charge is -2.11. The number of benzene rings is 1. The number of hydrogen-bond acceptors (Lipinski definition) is 5. The topological polar surface area (TPSA) is 86.3 Å². The number of alkyl halides is 3. The van der Waals surface area contributed by atoms with Crippen LogP contribution in [0.1, 0.15) is 28.8 Å². The van der Waals surface area contributed by atoms with Crippen LogP contribution in [0.4, 0.5) is 13.2 Å². The van der Waals surface area contributed by atoms with Crippen molar-refractivity contribution in [3.05, 3.63) is 64.7 Å². The number of halogens is 4. The molecule has 0 saturated carbocycles. The second-order valence-corrected chi connectivity index (χ2v) is 7.42. The smallest absolute Gasteiger partial charge is 0.433 e. The van der Waals surface area contributed by atoms with E-state index in [0.717, 1.165) is 6.07 Å². The molecule has 0 aliphatic rings. The van der Waals surface area contributed by atoms with Crippen LogP contribution in [-0.4, -0.2) is 37.4 Å². The van der Waals surface area contributed by atoms with E-state index < -0.39 is 17.8 Å². The summed E-state index contributed by atoms with van der Waals surface area (Å²) in [4.78, 5) is 16.8. The lowest BCUT2D eigenvalue weighted by Crippen LogP contribution is -2.24. The van der Waals surface area contributed by atoms with E-state index in [1.54, 1.807) is 35.1 Å². The number of nitrogens with one attached hydrogen (secondary N) is 1. The van der Waals surface area contributed by atoms with Crippen LogP contribution in [0.15, 0.2) is 42.6 Å². The molecule has 0 radical (unpaired) electrons. The fourth-order valence-corrected chi connectivity index (χ4v) is 3.39. The Balaban J connectivity index is 1.67. The molecule has 0 aliphatic heterocycles. The Labute approximate surface area is 190 Å². The fraction of sp³-hybridized carbons (Fsp3) is 0.238. The molecule has 0 aliphatic carbocycles. The van der Waals surface area contributed by atoms with E-state index in [0.29, 0.717) is 33.1 Å². The molecule has 33 heavy (non-hydrogen) atoms. The third-order valence-corrected chi connectivity index (χ3v) is 5.18. The highest BCUT2D eigenvalue weighted by molar-refractivity contribution is 6.31. The molecule has 172 valence electrons. The minimum absolute atomic E-state index is 0.00477. The maximum absolute atomic E-state index is 13.8. The van der Waals surface area contributed by atoms with Gasteiger partial charge in [0.2, 0.25) is 0 Å². The van der Waals surface area contributed by atoms with Crippen molar-refractivity contribution in [1.82, 2.24) is 29.7 Å². The standard InChI is InChI=1S/C21H18ClF3N6O2/c1-3-30-11-14(22)17(28-30)10-26-20(32)16-9-19-27-15(12-4-6-13(33-2)7-5-12)8-18(21(23,24)25)31(19)29-16/h4-9,11H,3,10H2,1-2H3,(H,26,32). The van der Waals surface area contributed by atoms with E-state index in [4.69, 9.17) is 16.3 Å². The highest BCUT2D eigenvalue weighted by Crippen LogP contribution is 2.32. The monoisotopic (exact) mass is 478 g/mol. The Morgan fingerprint density at radius 3 is 2.52 bits per heavy atom. The largest absolute Gasteiger partial charge is 0.497 e. The van der Waals surface area contributed by atoms with Crippen molar-refractivity contribution in [2.45, 2.75) is 26.2 Å². The van der Waals surface area contributed by atoms with Gasteiger partial charge in [0.25, 0.3) is 5.91 Å². The SMILES string of the molecule is CCn1cc(Cl)c(CNC(=O)c2cc3nc(-c4ccc(OC)cc4)cc(C(F)(F)F)n3n2)n1. The lowest BCUT2D eigenvalue weighted by molar-refractivity contribution is -0.142. The summed E-state index contributed by atoms with van der Waals surface area (Å²) >= 11 is 6.09. The summed E-state index contributed by atoms with van der Waals surface area (Å²) in [5, 5.41) is 11.0. The highest BCUT2D eigenvalue weighted by atomic mass is 35.5. The number of nitrogens with zero attached hydrogens (tertiary/aromatic N) is 5. The van der Waals surface area contributed by atoms with Crippen molar-refractivity contribution in [2.24, 2.45) is 0 Å². The maximum atomic E-state index is 13.8. The Hall–Kier alpha value is -3.60. The second kappa shape index (κ2) is 8.74. The molecule has 0 spiro atoms. The summed E-state index contributed by atoms with van der Waals surface area (Å²) in [5.74, 6) is -0.121. The number of fused-ring (bicyclic) bond motifs is 1. The van der Waals surface area contributed by atoms with Gasteiger partial charge in [0.05, 0.1) is 24.4 Å². The number of carbonyl (C=O) groups is 1. The molecule has 0 unspecified atom stereocenters. The quantitative estimate of drug-likeness (QED) is 0.448. The summed E-state index contributed by atoms with van der Waals surface area (Å²) in [6, 6.07) is 8.52. The van der Waals surface area contributed by atoms with Gasteiger partial charge >= 0.3 is 6.18 Å². The number of methoxy groups -OCH3 is 1. The number of rotatable bonds is 6. The molecule has 3 heterocycles. The second-order valence-electron chi connectivity index (χ2n) is 7.01. The molecule has 12 heteroatoms. The van der Waals surface area contributed by atoms with E-state index in [-0.39, 0.29) is 23.6 Å². The first-order valence-corrected chi connectivity index (χ1v) is 10.2. The fourth-order valence-electron chi connectivity index (χ4n) is 3.17. The van der Waals surface area contributed by atoms with Crippen LogP contribution in [0.25, 0.3) is 16.9 Å². The predicted octanol–water partition coefficient (Wildman–Crippen LogP) is 4.22. The molecule has 0 atom stereocenters. The third-order valence-electron chi connectivity index (χ3n) is 4.86. The molecule has 0 fully saturated rings. The first kappa shape index (κ1) is 22.6. The number of hydrogen-bond donors (Lipinski definition) is 1. The minimum atomic E-state index is -4.72. The van der Waals surface area contributed by atoms with E-state index in [1.165, 1.54) is 13.2 Å². The van der Waals surface area contributed by atoms with Gasteiger partial charge < -0.3 is 10.1 Å². The molecule has 1 amide bonds. The average Bonchev–Trinajstić information content (AvgIpc) is 3.39. The zero-order valence-corrected chi connectivity index (χ0v) is 18.3. The van der Waals surface area contributed by atoms with Crippen molar-refractivity contribution in [1.29, 1.82) is 0 Å². The van der Waals surface area contributed by atoms with Crippen molar-refractivity contribution < 1.29 is 22.7 Å². The van der Waals surface area contributed by atoms with Crippen molar-refractivity contribution in [2.75, 3.05) is 7.11 Å². The summed E-state index contributed by atoms with van der Waals surface area (Å²) in [5.41, 5.74) is -0.410. The number of carbonyl (C=O) groups excluding carboxylic acids is 1. The Kier molecular flexibility index (Phi) is 5.98. The van der Waals surface area contributed by atoms with Gasteiger partial charge in [-0.1, -0.05) is 11.6 Å². The van der Waals surface area contributed by atoms with Crippen LogP contribution >= 0.6 is 11.6 Å². The summed E-state index contributed by atoms with van der Waals surface area (Å²) in [6.45, 7) is 2.48. The van der Waals surface area contributed by atoms with E-state index in [2.05, 4.69) is 20.5 Å². The van der Waals surface area contributed by atoms with Gasteiger partial charge in [-0.15, -0.1) is 0 Å². The molecule has 4 rings (SSSR count).